The molecule has 0 radical (unpaired) electrons. The Bertz CT molecular complexity index is 302. The second kappa shape index (κ2) is 6.02. The first-order valence-electron chi connectivity index (χ1n) is 6.41. The molecule has 2 atom stereocenters. The maximum Gasteiger partial charge on any atom is 0.229 e. The molecule has 1 rings (SSSR count). The van der Waals surface area contributed by atoms with E-state index in [1.807, 2.05) is 14.0 Å². The number of hydrogen-bond acceptors (Lipinski definition) is 3. The van der Waals surface area contributed by atoms with E-state index in [9.17, 15) is 4.79 Å². The van der Waals surface area contributed by atoms with Crippen LogP contribution in [-0.4, -0.2) is 37.5 Å². The number of hydrogen-bond donors (Lipinski definition) is 1. The minimum absolute atomic E-state index is 0.102. The van der Waals surface area contributed by atoms with Gasteiger partial charge in [0.2, 0.25) is 5.91 Å². The van der Waals surface area contributed by atoms with E-state index >= 15 is 0 Å². The molecule has 1 aliphatic rings. The van der Waals surface area contributed by atoms with Gasteiger partial charge in [0.25, 0.3) is 0 Å². The number of nitriles is 1. The van der Waals surface area contributed by atoms with Crippen LogP contribution in [0.1, 0.15) is 33.1 Å². The molecule has 0 spiro atoms. The molecule has 1 heterocycles. The minimum atomic E-state index is -0.248. The molecule has 0 aliphatic carbocycles. The van der Waals surface area contributed by atoms with E-state index in [1.54, 1.807) is 4.90 Å². The smallest absolute Gasteiger partial charge is 0.229 e. The predicted octanol–water partition coefficient (Wildman–Crippen LogP) is 1.38. The van der Waals surface area contributed by atoms with Gasteiger partial charge in [-0.2, -0.15) is 5.26 Å². The summed E-state index contributed by atoms with van der Waals surface area (Å²) in [7, 11) is 1.81. The van der Waals surface area contributed by atoms with Gasteiger partial charge in [-0.1, -0.05) is 6.92 Å². The van der Waals surface area contributed by atoms with Gasteiger partial charge in [-0.05, 0) is 32.7 Å². The Morgan fingerprint density at radius 2 is 2.35 bits per heavy atom. The highest BCUT2D eigenvalue weighted by molar-refractivity contribution is 5.83. The molecule has 96 valence electrons. The minimum Gasteiger partial charge on any atom is -0.344 e. The number of carbonyl (C=O) groups is 1. The molecule has 4 nitrogen and oxygen atoms in total. The van der Waals surface area contributed by atoms with Gasteiger partial charge in [0.1, 0.15) is 0 Å². The first kappa shape index (κ1) is 14.0. The van der Waals surface area contributed by atoms with Gasteiger partial charge in [-0.3, -0.25) is 4.79 Å². The van der Waals surface area contributed by atoms with Crippen LogP contribution in [0.2, 0.25) is 0 Å². The van der Waals surface area contributed by atoms with E-state index in [2.05, 4.69) is 18.3 Å². The summed E-state index contributed by atoms with van der Waals surface area (Å²) in [6, 6.07) is 2.17. The lowest BCUT2D eigenvalue weighted by molar-refractivity contribution is -0.142. The molecular weight excluding hydrogens is 214 g/mol. The Morgan fingerprint density at radius 3 is 2.82 bits per heavy atom. The van der Waals surface area contributed by atoms with Gasteiger partial charge in [0, 0.05) is 20.1 Å². The van der Waals surface area contributed by atoms with E-state index in [0.717, 1.165) is 32.4 Å². The fourth-order valence-corrected chi connectivity index (χ4v) is 2.54. The van der Waals surface area contributed by atoms with Crippen LogP contribution in [-0.2, 0) is 4.79 Å². The third-order valence-electron chi connectivity index (χ3n) is 3.72. The highest BCUT2D eigenvalue weighted by Crippen LogP contribution is 2.32. The van der Waals surface area contributed by atoms with Crippen molar-refractivity contribution in [1.82, 2.24) is 10.2 Å². The van der Waals surface area contributed by atoms with E-state index in [0.29, 0.717) is 6.54 Å². The molecule has 0 saturated carbocycles. The molecule has 17 heavy (non-hydrogen) atoms. The van der Waals surface area contributed by atoms with Crippen molar-refractivity contribution in [2.24, 2.45) is 11.3 Å². The summed E-state index contributed by atoms with van der Waals surface area (Å²) in [5, 5.41) is 12.1. The van der Waals surface area contributed by atoms with E-state index in [1.165, 1.54) is 0 Å². The average molecular weight is 237 g/mol. The molecule has 1 fully saturated rings. The summed E-state index contributed by atoms with van der Waals surface area (Å²) in [5.41, 5.74) is -0.248. The van der Waals surface area contributed by atoms with Gasteiger partial charge in [0.15, 0.2) is 0 Å². The molecule has 4 heteroatoms. The van der Waals surface area contributed by atoms with Crippen molar-refractivity contribution in [2.75, 3.05) is 26.7 Å². The summed E-state index contributed by atoms with van der Waals surface area (Å²) >= 11 is 0. The molecule has 2 unspecified atom stereocenters. The second-order valence-corrected chi connectivity index (χ2v) is 5.13. The van der Waals surface area contributed by atoms with Crippen LogP contribution in [0.4, 0.5) is 0 Å². The normalized spacial score (nSPS) is 26.0. The largest absolute Gasteiger partial charge is 0.344 e. The molecule has 0 bridgehead atoms. The van der Waals surface area contributed by atoms with Crippen molar-refractivity contribution in [1.29, 1.82) is 5.26 Å². The molecule has 0 aromatic rings. The van der Waals surface area contributed by atoms with Crippen LogP contribution in [0.25, 0.3) is 0 Å². The van der Waals surface area contributed by atoms with Gasteiger partial charge < -0.3 is 10.2 Å². The number of piperidine rings is 1. The summed E-state index contributed by atoms with van der Waals surface area (Å²) in [5.74, 6) is 0.0868. The van der Waals surface area contributed by atoms with Gasteiger partial charge in [-0.15, -0.1) is 0 Å². The summed E-state index contributed by atoms with van der Waals surface area (Å²) in [4.78, 5) is 14.2. The van der Waals surface area contributed by atoms with Crippen molar-refractivity contribution in [3.05, 3.63) is 0 Å². The van der Waals surface area contributed by atoms with Crippen molar-refractivity contribution in [2.45, 2.75) is 33.1 Å². The predicted molar refractivity (Wildman–Crippen MR) is 67.2 cm³/mol. The molecule has 0 aromatic carbocycles. The zero-order chi connectivity index (χ0) is 12.9. The SMILES string of the molecule is CCC1(C(=O)N(C)CC(C)C#N)CCCNC1. The van der Waals surface area contributed by atoms with Crippen LogP contribution in [0.3, 0.4) is 0 Å². The quantitative estimate of drug-likeness (QED) is 0.803. The summed E-state index contributed by atoms with van der Waals surface area (Å²) < 4.78 is 0. The summed E-state index contributed by atoms with van der Waals surface area (Å²) in [6.07, 6.45) is 2.88. The molecule has 1 amide bonds. The molecular formula is C13H23N3O. The molecule has 1 N–H and O–H groups in total. The van der Waals surface area contributed by atoms with Crippen LogP contribution in [0.15, 0.2) is 0 Å². The third-order valence-corrected chi connectivity index (χ3v) is 3.72. The summed E-state index contributed by atoms with van der Waals surface area (Å²) in [6.45, 7) is 6.23. The lowest BCUT2D eigenvalue weighted by Crippen LogP contribution is -2.51. The Labute approximate surface area is 104 Å². The van der Waals surface area contributed by atoms with E-state index < -0.39 is 0 Å². The van der Waals surface area contributed by atoms with Crippen molar-refractivity contribution >= 4 is 5.91 Å². The molecule has 1 aliphatic heterocycles. The van der Waals surface area contributed by atoms with E-state index in [4.69, 9.17) is 5.26 Å². The van der Waals surface area contributed by atoms with Crippen molar-refractivity contribution in [3.8, 4) is 6.07 Å². The number of nitrogens with one attached hydrogen (secondary N) is 1. The van der Waals surface area contributed by atoms with Crippen LogP contribution < -0.4 is 5.32 Å². The standard InChI is InChI=1S/C13H23N3O/c1-4-13(6-5-7-15-10-13)12(17)16(3)9-11(2)8-14/h11,15H,4-7,9-10H2,1-3H3. The molecule has 1 saturated heterocycles. The van der Waals surface area contributed by atoms with Crippen molar-refractivity contribution in [3.63, 3.8) is 0 Å². The fourth-order valence-electron chi connectivity index (χ4n) is 2.54. The van der Waals surface area contributed by atoms with Gasteiger partial charge in [-0.25, -0.2) is 0 Å². The number of amides is 1. The van der Waals surface area contributed by atoms with Gasteiger partial charge >= 0.3 is 0 Å². The van der Waals surface area contributed by atoms with Gasteiger partial charge in [0.05, 0.1) is 17.4 Å². The lowest BCUT2D eigenvalue weighted by atomic mass is 9.77. The maximum absolute atomic E-state index is 12.5. The zero-order valence-electron chi connectivity index (χ0n) is 11.1. The van der Waals surface area contributed by atoms with Crippen LogP contribution >= 0.6 is 0 Å². The Balaban J connectivity index is 2.68. The number of rotatable bonds is 4. The topological polar surface area (TPSA) is 56.1 Å². The highest BCUT2D eigenvalue weighted by Gasteiger charge is 2.39. The average Bonchev–Trinajstić information content (AvgIpc) is 2.38. The van der Waals surface area contributed by atoms with Crippen molar-refractivity contribution < 1.29 is 4.79 Å². The number of nitrogens with zero attached hydrogens (tertiary/aromatic N) is 2. The highest BCUT2D eigenvalue weighted by atomic mass is 16.2. The van der Waals surface area contributed by atoms with Crippen LogP contribution in [0.5, 0.6) is 0 Å². The fraction of sp³-hybridized carbons (Fsp3) is 0.846. The second-order valence-electron chi connectivity index (χ2n) is 5.13. The Hall–Kier alpha value is -1.08. The zero-order valence-corrected chi connectivity index (χ0v) is 11.1. The third kappa shape index (κ3) is 3.19. The maximum atomic E-state index is 12.5. The molecule has 0 aromatic heterocycles. The first-order chi connectivity index (χ1) is 8.05. The van der Waals surface area contributed by atoms with E-state index in [-0.39, 0.29) is 17.2 Å². The first-order valence-corrected chi connectivity index (χ1v) is 6.41. The Morgan fingerprint density at radius 1 is 1.65 bits per heavy atom. The lowest BCUT2D eigenvalue weighted by Gasteiger charge is -2.38. The monoisotopic (exact) mass is 237 g/mol. The Kier molecular flexibility index (Phi) is 4.95. The van der Waals surface area contributed by atoms with Crippen LogP contribution in [0, 0.1) is 22.7 Å². The number of carbonyl (C=O) groups excluding carboxylic acids is 1.